The molecule has 3 N–H and O–H groups in total. The van der Waals surface area contributed by atoms with Crippen molar-refractivity contribution in [2.24, 2.45) is 11.7 Å². The molecule has 1 saturated carbocycles. The van der Waals surface area contributed by atoms with Gasteiger partial charge in [0.1, 0.15) is 5.54 Å². The predicted octanol–water partition coefficient (Wildman–Crippen LogP) is 2.02. The maximum absolute atomic E-state index is 12.6. The minimum absolute atomic E-state index is 0.0820. The number of nitrogens with zero attached hydrogens (tertiary/aromatic N) is 1. The number of amides is 3. The third-order valence-corrected chi connectivity index (χ3v) is 6.13. The molecule has 0 bridgehead atoms. The first kappa shape index (κ1) is 17.9. The van der Waals surface area contributed by atoms with Crippen molar-refractivity contribution in [3.05, 3.63) is 28.2 Å². The Morgan fingerprint density at radius 2 is 2.00 bits per heavy atom. The number of benzene rings is 1. The smallest absolute Gasteiger partial charge is 0.243 e. The number of anilines is 1. The number of aryl methyl sites for hydroxylation is 1. The normalized spacial score (nSPS) is 22.2. The lowest BCUT2D eigenvalue weighted by Crippen LogP contribution is -2.57. The molecule has 2 fully saturated rings. The Hall–Kier alpha value is -1.89. The maximum Gasteiger partial charge on any atom is 0.243 e. The van der Waals surface area contributed by atoms with Crippen LogP contribution in [-0.2, 0) is 14.4 Å². The molecule has 3 amide bonds. The van der Waals surface area contributed by atoms with Gasteiger partial charge in [-0.1, -0.05) is 28.8 Å². The lowest BCUT2D eigenvalue weighted by atomic mass is 9.95. The van der Waals surface area contributed by atoms with Crippen LogP contribution in [-0.4, -0.2) is 29.8 Å². The monoisotopic (exact) mass is 407 g/mol. The fourth-order valence-corrected chi connectivity index (χ4v) is 3.93. The van der Waals surface area contributed by atoms with Crippen LogP contribution in [0.25, 0.3) is 0 Å². The zero-order valence-corrected chi connectivity index (χ0v) is 15.8. The molecule has 1 aliphatic heterocycles. The van der Waals surface area contributed by atoms with Crippen molar-refractivity contribution in [2.75, 3.05) is 11.4 Å². The van der Waals surface area contributed by atoms with E-state index in [0.29, 0.717) is 19.4 Å². The molecule has 3 rings (SSSR count). The van der Waals surface area contributed by atoms with Crippen molar-refractivity contribution in [1.29, 1.82) is 0 Å². The van der Waals surface area contributed by atoms with Gasteiger partial charge < -0.3 is 16.0 Å². The second-order valence-electron chi connectivity index (χ2n) is 6.98. The Morgan fingerprint density at radius 3 is 2.60 bits per heavy atom. The molecule has 6 nitrogen and oxygen atoms in total. The minimum atomic E-state index is -0.943. The van der Waals surface area contributed by atoms with Crippen molar-refractivity contribution >= 4 is 39.3 Å². The quantitative estimate of drug-likeness (QED) is 0.799. The molecule has 0 aromatic heterocycles. The molecule has 1 heterocycles. The number of halogens is 1. The molecule has 7 heteroatoms. The van der Waals surface area contributed by atoms with E-state index in [9.17, 15) is 14.4 Å². The van der Waals surface area contributed by atoms with E-state index in [1.807, 2.05) is 25.1 Å². The van der Waals surface area contributed by atoms with Crippen LogP contribution in [0.1, 0.15) is 37.7 Å². The van der Waals surface area contributed by atoms with Gasteiger partial charge in [-0.05, 0) is 43.5 Å². The number of carbonyl (C=O) groups is 3. The average Bonchev–Trinajstić information content (AvgIpc) is 3.18. The van der Waals surface area contributed by atoms with Gasteiger partial charge in [0.05, 0.1) is 5.92 Å². The molecule has 134 valence electrons. The number of rotatable bonds is 4. The third kappa shape index (κ3) is 3.42. The summed E-state index contributed by atoms with van der Waals surface area (Å²) in [5, 5.41) is 2.85. The standard InChI is InChI=1S/C18H22BrN3O3/c1-11-8-13(4-5-14(11)19)22-10-12(9-15(22)23)16(24)21-18(17(20)25)6-2-3-7-18/h4-5,8,12H,2-3,6-7,9-10H2,1H3,(H2,20,25)(H,21,24). The molecule has 1 aromatic carbocycles. The first-order valence-corrected chi connectivity index (χ1v) is 9.30. The van der Waals surface area contributed by atoms with Crippen LogP contribution in [0.15, 0.2) is 22.7 Å². The van der Waals surface area contributed by atoms with E-state index in [2.05, 4.69) is 21.2 Å². The molecule has 1 saturated heterocycles. The average molecular weight is 408 g/mol. The Morgan fingerprint density at radius 1 is 1.32 bits per heavy atom. The topological polar surface area (TPSA) is 92.5 Å². The van der Waals surface area contributed by atoms with Gasteiger partial charge in [-0.15, -0.1) is 0 Å². The van der Waals surface area contributed by atoms with Crippen LogP contribution in [0.4, 0.5) is 5.69 Å². The van der Waals surface area contributed by atoms with Gasteiger partial charge in [-0.3, -0.25) is 14.4 Å². The van der Waals surface area contributed by atoms with Gasteiger partial charge in [0.15, 0.2) is 0 Å². The van der Waals surface area contributed by atoms with Crippen molar-refractivity contribution < 1.29 is 14.4 Å². The zero-order valence-electron chi connectivity index (χ0n) is 14.2. The van der Waals surface area contributed by atoms with Crippen LogP contribution in [0.2, 0.25) is 0 Å². The number of hydrogen-bond donors (Lipinski definition) is 2. The van der Waals surface area contributed by atoms with Gasteiger partial charge in [0.25, 0.3) is 0 Å². The van der Waals surface area contributed by atoms with Crippen molar-refractivity contribution in [3.63, 3.8) is 0 Å². The SMILES string of the molecule is Cc1cc(N2CC(C(=O)NC3(C(N)=O)CCCC3)CC2=O)ccc1Br. The molecule has 1 aromatic rings. The lowest BCUT2D eigenvalue weighted by Gasteiger charge is -2.28. The van der Waals surface area contributed by atoms with E-state index in [4.69, 9.17) is 5.73 Å². The molecular weight excluding hydrogens is 386 g/mol. The van der Waals surface area contributed by atoms with Gasteiger partial charge in [-0.2, -0.15) is 0 Å². The Balaban J connectivity index is 1.72. The first-order chi connectivity index (χ1) is 11.8. The van der Waals surface area contributed by atoms with Crippen LogP contribution < -0.4 is 16.0 Å². The Kier molecular flexibility index (Phi) is 4.86. The molecule has 0 radical (unpaired) electrons. The largest absolute Gasteiger partial charge is 0.368 e. The molecule has 1 atom stereocenters. The van der Waals surface area contributed by atoms with Crippen molar-refractivity contribution in [1.82, 2.24) is 5.32 Å². The van der Waals surface area contributed by atoms with Gasteiger partial charge >= 0.3 is 0 Å². The summed E-state index contributed by atoms with van der Waals surface area (Å²) in [4.78, 5) is 38.5. The number of primary amides is 1. The second-order valence-corrected chi connectivity index (χ2v) is 7.84. The highest BCUT2D eigenvalue weighted by Crippen LogP contribution is 2.32. The third-order valence-electron chi connectivity index (χ3n) is 5.24. The second kappa shape index (κ2) is 6.78. The minimum Gasteiger partial charge on any atom is -0.368 e. The summed E-state index contributed by atoms with van der Waals surface area (Å²) in [5.41, 5.74) is 6.39. The summed E-state index contributed by atoms with van der Waals surface area (Å²) in [6.07, 6.45) is 3.04. The Bertz CT molecular complexity index is 728. The van der Waals surface area contributed by atoms with Crippen molar-refractivity contribution in [2.45, 2.75) is 44.6 Å². The molecule has 1 unspecified atom stereocenters. The molecular formula is C18H22BrN3O3. The van der Waals surface area contributed by atoms with Crippen LogP contribution >= 0.6 is 15.9 Å². The summed E-state index contributed by atoms with van der Waals surface area (Å²) < 4.78 is 0.974. The lowest BCUT2D eigenvalue weighted by molar-refractivity contribution is -0.133. The van der Waals surface area contributed by atoms with Crippen LogP contribution in [0.5, 0.6) is 0 Å². The van der Waals surface area contributed by atoms with Gasteiger partial charge in [0, 0.05) is 23.1 Å². The highest BCUT2D eigenvalue weighted by molar-refractivity contribution is 9.10. The molecule has 2 aliphatic rings. The highest BCUT2D eigenvalue weighted by atomic mass is 79.9. The fraction of sp³-hybridized carbons (Fsp3) is 0.500. The fourth-order valence-electron chi connectivity index (χ4n) is 3.68. The molecule has 1 aliphatic carbocycles. The molecule has 25 heavy (non-hydrogen) atoms. The number of carbonyl (C=O) groups excluding carboxylic acids is 3. The van der Waals surface area contributed by atoms with Gasteiger partial charge in [-0.25, -0.2) is 0 Å². The van der Waals surface area contributed by atoms with E-state index in [0.717, 1.165) is 28.6 Å². The summed E-state index contributed by atoms with van der Waals surface area (Å²) in [6.45, 7) is 2.27. The summed E-state index contributed by atoms with van der Waals surface area (Å²) in [5.74, 6) is -1.29. The maximum atomic E-state index is 12.6. The summed E-state index contributed by atoms with van der Waals surface area (Å²) in [6, 6.07) is 5.67. The number of nitrogens with two attached hydrogens (primary N) is 1. The number of hydrogen-bond acceptors (Lipinski definition) is 3. The van der Waals surface area contributed by atoms with Crippen LogP contribution in [0.3, 0.4) is 0 Å². The van der Waals surface area contributed by atoms with Crippen LogP contribution in [0, 0.1) is 12.8 Å². The van der Waals surface area contributed by atoms with Gasteiger partial charge in [0.2, 0.25) is 17.7 Å². The first-order valence-electron chi connectivity index (χ1n) is 8.51. The molecule has 0 spiro atoms. The van der Waals surface area contributed by atoms with E-state index in [1.54, 1.807) is 4.90 Å². The van der Waals surface area contributed by atoms with E-state index in [1.165, 1.54) is 0 Å². The number of nitrogens with one attached hydrogen (secondary N) is 1. The summed E-state index contributed by atoms with van der Waals surface area (Å²) in [7, 11) is 0. The van der Waals surface area contributed by atoms with E-state index < -0.39 is 17.4 Å². The van der Waals surface area contributed by atoms with Crippen molar-refractivity contribution in [3.8, 4) is 0 Å². The summed E-state index contributed by atoms with van der Waals surface area (Å²) >= 11 is 3.45. The highest BCUT2D eigenvalue weighted by Gasteiger charge is 2.44. The Labute approximate surface area is 155 Å². The van der Waals surface area contributed by atoms with E-state index >= 15 is 0 Å². The zero-order chi connectivity index (χ0) is 18.2. The van der Waals surface area contributed by atoms with E-state index in [-0.39, 0.29) is 18.2 Å². The predicted molar refractivity (Wildman–Crippen MR) is 97.9 cm³/mol.